The zero-order valence-corrected chi connectivity index (χ0v) is 19.1. The van der Waals surface area contributed by atoms with Gasteiger partial charge in [-0.25, -0.2) is 4.79 Å². The summed E-state index contributed by atoms with van der Waals surface area (Å²) < 4.78 is 22.6. The lowest BCUT2D eigenvalue weighted by atomic mass is 10.0. The highest BCUT2D eigenvalue weighted by atomic mass is 16.5. The van der Waals surface area contributed by atoms with Crippen LogP contribution in [0.3, 0.4) is 0 Å². The summed E-state index contributed by atoms with van der Waals surface area (Å²) in [7, 11) is 3.05. The Bertz CT molecular complexity index is 1430. The number of benzene rings is 3. The van der Waals surface area contributed by atoms with Crippen LogP contribution in [0.25, 0.3) is 22.3 Å². The van der Waals surface area contributed by atoms with E-state index in [-0.39, 0.29) is 11.5 Å². The molecule has 0 atom stereocenters. The SMILES string of the molecule is COc1ccc(-c2oc3c(C)cc(C)cc3c(=O)c2OC(=O)c2cccc(C)c2)cc1OC. The van der Waals surface area contributed by atoms with Crippen LogP contribution in [0.5, 0.6) is 17.2 Å². The molecule has 4 rings (SSSR count). The van der Waals surface area contributed by atoms with E-state index in [2.05, 4.69) is 0 Å². The molecule has 0 N–H and O–H groups in total. The predicted molar refractivity (Wildman–Crippen MR) is 127 cm³/mol. The first kappa shape index (κ1) is 22.1. The first-order valence-electron chi connectivity index (χ1n) is 10.4. The van der Waals surface area contributed by atoms with Crippen molar-refractivity contribution in [1.29, 1.82) is 0 Å². The Labute approximate surface area is 191 Å². The number of carbonyl (C=O) groups is 1. The average molecular weight is 444 g/mol. The lowest BCUT2D eigenvalue weighted by molar-refractivity contribution is 0.0731. The summed E-state index contributed by atoms with van der Waals surface area (Å²) in [6.45, 7) is 5.64. The number of esters is 1. The molecule has 1 heterocycles. The van der Waals surface area contributed by atoms with Gasteiger partial charge in [0, 0.05) is 5.56 Å². The maximum absolute atomic E-state index is 13.5. The average Bonchev–Trinajstić information content (AvgIpc) is 2.80. The number of hydrogen-bond donors (Lipinski definition) is 0. The number of ether oxygens (including phenoxy) is 3. The van der Waals surface area contributed by atoms with Crippen LogP contribution in [0.15, 0.2) is 63.8 Å². The van der Waals surface area contributed by atoms with Gasteiger partial charge >= 0.3 is 5.97 Å². The van der Waals surface area contributed by atoms with E-state index in [0.29, 0.717) is 33.6 Å². The Kier molecular flexibility index (Phi) is 5.92. The zero-order chi connectivity index (χ0) is 23.7. The molecule has 4 aromatic rings. The number of aryl methyl sites for hydroxylation is 3. The van der Waals surface area contributed by atoms with Crippen molar-refractivity contribution < 1.29 is 23.4 Å². The van der Waals surface area contributed by atoms with Crippen molar-refractivity contribution in [2.75, 3.05) is 14.2 Å². The monoisotopic (exact) mass is 444 g/mol. The highest BCUT2D eigenvalue weighted by molar-refractivity contribution is 5.93. The van der Waals surface area contributed by atoms with Gasteiger partial charge < -0.3 is 18.6 Å². The molecule has 0 saturated carbocycles. The fourth-order valence-electron chi connectivity index (χ4n) is 3.82. The van der Waals surface area contributed by atoms with E-state index in [0.717, 1.165) is 16.7 Å². The summed E-state index contributed by atoms with van der Waals surface area (Å²) in [6, 6.07) is 15.7. The van der Waals surface area contributed by atoms with Crippen LogP contribution in [0, 0.1) is 20.8 Å². The second-order valence-corrected chi connectivity index (χ2v) is 7.88. The Hall–Kier alpha value is -4.06. The molecule has 0 saturated heterocycles. The molecule has 168 valence electrons. The van der Waals surface area contributed by atoms with Crippen LogP contribution < -0.4 is 19.6 Å². The quantitative estimate of drug-likeness (QED) is 0.372. The minimum Gasteiger partial charge on any atom is -0.493 e. The molecule has 0 fully saturated rings. The van der Waals surface area contributed by atoms with Crippen molar-refractivity contribution in [3.8, 4) is 28.6 Å². The Morgan fingerprint density at radius 2 is 1.61 bits per heavy atom. The molecule has 0 spiro atoms. The number of rotatable bonds is 5. The summed E-state index contributed by atoms with van der Waals surface area (Å²) in [4.78, 5) is 26.5. The molecule has 0 bridgehead atoms. The second kappa shape index (κ2) is 8.82. The molecule has 0 aliphatic heterocycles. The van der Waals surface area contributed by atoms with E-state index in [1.165, 1.54) is 14.2 Å². The minimum atomic E-state index is -0.642. The summed E-state index contributed by atoms with van der Waals surface area (Å²) in [6.07, 6.45) is 0. The van der Waals surface area contributed by atoms with Gasteiger partial charge in [-0.15, -0.1) is 0 Å². The highest BCUT2D eigenvalue weighted by Gasteiger charge is 2.23. The Morgan fingerprint density at radius 3 is 2.30 bits per heavy atom. The fraction of sp³-hybridized carbons (Fsp3) is 0.185. The van der Waals surface area contributed by atoms with Crippen LogP contribution >= 0.6 is 0 Å². The summed E-state index contributed by atoms with van der Waals surface area (Å²) in [5.74, 6) is 0.299. The molecule has 0 unspecified atom stereocenters. The molecule has 0 amide bonds. The third-order valence-corrected chi connectivity index (χ3v) is 5.37. The maximum atomic E-state index is 13.5. The van der Waals surface area contributed by atoms with Gasteiger partial charge in [-0.1, -0.05) is 23.8 Å². The van der Waals surface area contributed by atoms with Gasteiger partial charge in [0.25, 0.3) is 0 Å². The zero-order valence-electron chi connectivity index (χ0n) is 19.1. The minimum absolute atomic E-state index is 0.140. The van der Waals surface area contributed by atoms with Crippen LogP contribution in [0.1, 0.15) is 27.0 Å². The number of carbonyl (C=O) groups excluding carboxylic acids is 1. The van der Waals surface area contributed by atoms with E-state index in [1.807, 2.05) is 32.9 Å². The number of methoxy groups -OCH3 is 2. The molecule has 0 aliphatic carbocycles. The first-order valence-corrected chi connectivity index (χ1v) is 10.4. The van der Waals surface area contributed by atoms with Gasteiger partial charge in [0.15, 0.2) is 17.3 Å². The molecule has 6 nitrogen and oxygen atoms in total. The van der Waals surface area contributed by atoms with Gasteiger partial charge in [0.05, 0.1) is 25.2 Å². The normalized spacial score (nSPS) is 10.8. The molecule has 3 aromatic carbocycles. The molecule has 0 aliphatic rings. The van der Waals surface area contributed by atoms with E-state index in [4.69, 9.17) is 18.6 Å². The van der Waals surface area contributed by atoms with Gasteiger partial charge in [-0.05, 0) is 68.3 Å². The van der Waals surface area contributed by atoms with Crippen molar-refractivity contribution in [1.82, 2.24) is 0 Å². The van der Waals surface area contributed by atoms with E-state index in [1.54, 1.807) is 42.5 Å². The topological polar surface area (TPSA) is 75.0 Å². The molecule has 33 heavy (non-hydrogen) atoms. The van der Waals surface area contributed by atoms with Crippen molar-refractivity contribution in [3.05, 3.63) is 87.1 Å². The van der Waals surface area contributed by atoms with Crippen LogP contribution in [0.4, 0.5) is 0 Å². The van der Waals surface area contributed by atoms with Crippen molar-refractivity contribution in [3.63, 3.8) is 0 Å². The Balaban J connectivity index is 1.96. The van der Waals surface area contributed by atoms with Crippen LogP contribution in [-0.4, -0.2) is 20.2 Å². The smallest absolute Gasteiger partial charge is 0.343 e. The van der Waals surface area contributed by atoms with Crippen molar-refractivity contribution in [2.45, 2.75) is 20.8 Å². The van der Waals surface area contributed by atoms with Gasteiger partial charge in [0.2, 0.25) is 11.2 Å². The third-order valence-electron chi connectivity index (χ3n) is 5.37. The largest absolute Gasteiger partial charge is 0.493 e. The summed E-state index contributed by atoms with van der Waals surface area (Å²) >= 11 is 0. The van der Waals surface area contributed by atoms with Crippen LogP contribution in [0.2, 0.25) is 0 Å². The van der Waals surface area contributed by atoms with E-state index in [9.17, 15) is 9.59 Å². The second-order valence-electron chi connectivity index (χ2n) is 7.88. The highest BCUT2D eigenvalue weighted by Crippen LogP contribution is 2.37. The first-order chi connectivity index (χ1) is 15.8. The van der Waals surface area contributed by atoms with Gasteiger partial charge in [-0.3, -0.25) is 4.79 Å². The molecule has 6 heteroatoms. The van der Waals surface area contributed by atoms with Crippen molar-refractivity contribution in [2.24, 2.45) is 0 Å². The van der Waals surface area contributed by atoms with E-state index < -0.39 is 11.4 Å². The van der Waals surface area contributed by atoms with Gasteiger partial charge in [0.1, 0.15) is 5.58 Å². The molecule has 0 radical (unpaired) electrons. The predicted octanol–water partition coefficient (Wildman–Crippen LogP) is 5.62. The number of hydrogen-bond acceptors (Lipinski definition) is 6. The number of fused-ring (bicyclic) bond motifs is 1. The summed E-state index contributed by atoms with van der Waals surface area (Å²) in [5.41, 5.74) is 3.48. The molecular weight excluding hydrogens is 420 g/mol. The molecule has 1 aromatic heterocycles. The summed E-state index contributed by atoms with van der Waals surface area (Å²) in [5, 5.41) is 0.351. The fourth-order valence-corrected chi connectivity index (χ4v) is 3.82. The lowest BCUT2D eigenvalue weighted by Crippen LogP contribution is -2.16. The van der Waals surface area contributed by atoms with Gasteiger partial charge in [-0.2, -0.15) is 0 Å². The maximum Gasteiger partial charge on any atom is 0.343 e. The van der Waals surface area contributed by atoms with E-state index >= 15 is 0 Å². The Morgan fingerprint density at radius 1 is 0.848 bits per heavy atom. The third kappa shape index (κ3) is 4.20. The van der Waals surface area contributed by atoms with Crippen LogP contribution in [-0.2, 0) is 0 Å². The lowest BCUT2D eigenvalue weighted by Gasteiger charge is -2.14. The van der Waals surface area contributed by atoms with Crippen molar-refractivity contribution >= 4 is 16.9 Å². The molecular formula is C27H24O6. The standard InChI is InChI=1S/C27H24O6/c1-15-7-6-8-19(12-15)27(29)33-26-23(28)20-13-16(2)11-17(3)24(20)32-25(26)18-9-10-21(30-4)22(14-18)31-5/h6-14H,1-5H3.